The van der Waals surface area contributed by atoms with Crippen molar-refractivity contribution in [3.63, 3.8) is 0 Å². The standard InChI is InChI=1S/2C14H13NO2/c2*15-12-7-11(8-14(17)9-12)2-1-10-3-5-13(16)6-4-10/h1-6,8-9,16H,7,15H2;1-8,16H,9,15H2. The SMILES string of the molecule is NC1=CC(=O)C=C(C=Cc2ccc(O)cc2)C1.NC1=CC(C=Cc2ccc(O)cc2)=CC(=O)C1. The van der Waals surface area contributed by atoms with Crippen LogP contribution in [0.1, 0.15) is 24.0 Å². The number of hydrogen-bond donors (Lipinski definition) is 4. The summed E-state index contributed by atoms with van der Waals surface area (Å²) in [6.45, 7) is 0. The fourth-order valence-electron chi connectivity index (χ4n) is 3.26. The van der Waals surface area contributed by atoms with Gasteiger partial charge in [-0.05, 0) is 64.8 Å². The predicted molar refractivity (Wildman–Crippen MR) is 134 cm³/mol. The van der Waals surface area contributed by atoms with Crippen molar-refractivity contribution in [1.29, 1.82) is 0 Å². The Morgan fingerprint density at radius 1 is 0.618 bits per heavy atom. The Labute approximate surface area is 198 Å². The molecule has 0 unspecified atom stereocenters. The second-order valence-corrected chi connectivity index (χ2v) is 7.87. The van der Waals surface area contributed by atoms with E-state index < -0.39 is 0 Å². The van der Waals surface area contributed by atoms with E-state index in [1.165, 1.54) is 6.08 Å². The van der Waals surface area contributed by atoms with Crippen molar-refractivity contribution in [2.75, 3.05) is 0 Å². The van der Waals surface area contributed by atoms with Gasteiger partial charge in [-0.2, -0.15) is 0 Å². The zero-order valence-corrected chi connectivity index (χ0v) is 18.5. The highest BCUT2D eigenvalue weighted by Crippen LogP contribution is 2.17. The number of ketones is 2. The molecule has 6 heteroatoms. The number of carbonyl (C=O) groups is 2. The molecular weight excluding hydrogens is 428 g/mol. The highest BCUT2D eigenvalue weighted by molar-refractivity contribution is 6.01. The molecule has 2 aliphatic carbocycles. The minimum atomic E-state index is -0.0703. The van der Waals surface area contributed by atoms with Gasteiger partial charge in [-0.15, -0.1) is 0 Å². The molecule has 4 rings (SSSR count). The van der Waals surface area contributed by atoms with Gasteiger partial charge in [0, 0.05) is 23.9 Å². The van der Waals surface area contributed by atoms with E-state index in [2.05, 4.69) is 0 Å². The molecule has 0 saturated heterocycles. The maximum atomic E-state index is 11.3. The van der Waals surface area contributed by atoms with Crippen LogP contribution in [0, 0.1) is 0 Å². The second kappa shape index (κ2) is 11.3. The molecule has 0 bridgehead atoms. The number of aromatic hydroxyl groups is 2. The predicted octanol–water partition coefficient (Wildman–Crippen LogP) is 4.29. The van der Waals surface area contributed by atoms with Gasteiger partial charge in [0.25, 0.3) is 0 Å². The lowest BCUT2D eigenvalue weighted by Gasteiger charge is -2.07. The smallest absolute Gasteiger partial charge is 0.180 e. The summed E-state index contributed by atoms with van der Waals surface area (Å²) in [7, 11) is 0. The van der Waals surface area contributed by atoms with Crippen LogP contribution in [0.3, 0.4) is 0 Å². The van der Waals surface area contributed by atoms with Gasteiger partial charge in [0.15, 0.2) is 11.6 Å². The van der Waals surface area contributed by atoms with Gasteiger partial charge in [-0.3, -0.25) is 9.59 Å². The van der Waals surface area contributed by atoms with Crippen molar-refractivity contribution in [3.05, 3.63) is 119 Å². The first-order valence-corrected chi connectivity index (χ1v) is 10.6. The number of benzene rings is 2. The van der Waals surface area contributed by atoms with Crippen LogP contribution in [0.25, 0.3) is 12.2 Å². The van der Waals surface area contributed by atoms with Crippen LogP contribution in [0.4, 0.5) is 0 Å². The van der Waals surface area contributed by atoms with E-state index in [4.69, 9.17) is 21.7 Å². The first-order chi connectivity index (χ1) is 16.3. The Morgan fingerprint density at radius 3 is 1.68 bits per heavy atom. The first-order valence-electron chi connectivity index (χ1n) is 10.6. The van der Waals surface area contributed by atoms with Gasteiger partial charge >= 0.3 is 0 Å². The number of carbonyl (C=O) groups excluding carboxylic acids is 2. The fourth-order valence-corrected chi connectivity index (χ4v) is 3.26. The van der Waals surface area contributed by atoms with Crippen molar-refractivity contribution in [2.24, 2.45) is 11.5 Å². The molecule has 34 heavy (non-hydrogen) atoms. The summed E-state index contributed by atoms with van der Waals surface area (Å²) in [5.41, 5.74) is 16.1. The van der Waals surface area contributed by atoms with E-state index in [1.807, 2.05) is 24.3 Å². The summed E-state index contributed by atoms with van der Waals surface area (Å²) in [4.78, 5) is 22.5. The lowest BCUT2D eigenvalue weighted by molar-refractivity contribution is -0.114. The van der Waals surface area contributed by atoms with Crippen molar-refractivity contribution >= 4 is 23.7 Å². The third-order valence-electron chi connectivity index (χ3n) is 4.87. The minimum Gasteiger partial charge on any atom is -0.508 e. The van der Waals surface area contributed by atoms with Crippen molar-refractivity contribution in [1.82, 2.24) is 0 Å². The molecule has 0 saturated carbocycles. The van der Waals surface area contributed by atoms with Gasteiger partial charge in [0.2, 0.25) is 0 Å². The number of phenolic OH excluding ortho intramolecular Hbond substituents is 2. The lowest BCUT2D eigenvalue weighted by Crippen LogP contribution is -2.08. The summed E-state index contributed by atoms with van der Waals surface area (Å²) in [6, 6.07) is 13.7. The summed E-state index contributed by atoms with van der Waals surface area (Å²) < 4.78 is 0. The Bertz CT molecular complexity index is 1240. The highest BCUT2D eigenvalue weighted by Gasteiger charge is 2.07. The molecule has 0 radical (unpaired) electrons. The zero-order chi connectivity index (χ0) is 24.5. The maximum Gasteiger partial charge on any atom is 0.180 e. The summed E-state index contributed by atoms with van der Waals surface area (Å²) >= 11 is 0. The summed E-state index contributed by atoms with van der Waals surface area (Å²) in [6.07, 6.45) is 14.7. The molecule has 0 spiro atoms. The molecule has 2 aliphatic rings. The van der Waals surface area contributed by atoms with Crippen LogP contribution in [0.15, 0.2) is 108 Å². The topological polar surface area (TPSA) is 127 Å². The Balaban J connectivity index is 0.000000191. The molecule has 2 aromatic rings. The number of hydrogen-bond acceptors (Lipinski definition) is 6. The van der Waals surface area contributed by atoms with Gasteiger partial charge in [-0.1, -0.05) is 48.6 Å². The third-order valence-corrected chi connectivity index (χ3v) is 4.87. The first kappa shape index (κ1) is 24.1. The van der Waals surface area contributed by atoms with E-state index in [1.54, 1.807) is 66.8 Å². The van der Waals surface area contributed by atoms with E-state index >= 15 is 0 Å². The number of nitrogens with two attached hydrogens (primary N) is 2. The molecule has 0 atom stereocenters. The third kappa shape index (κ3) is 7.84. The quantitative estimate of drug-likeness (QED) is 0.546. The molecule has 172 valence electrons. The average molecular weight is 455 g/mol. The Hall–Kier alpha value is -4.58. The van der Waals surface area contributed by atoms with Crippen LogP contribution >= 0.6 is 0 Å². The average Bonchev–Trinajstić information content (AvgIpc) is 2.78. The van der Waals surface area contributed by atoms with Crippen molar-refractivity contribution < 1.29 is 19.8 Å². The fraction of sp³-hybridized carbons (Fsp3) is 0.0714. The molecule has 0 heterocycles. The van der Waals surface area contributed by atoms with Crippen LogP contribution in [-0.2, 0) is 9.59 Å². The van der Waals surface area contributed by atoms with Crippen LogP contribution in [-0.4, -0.2) is 21.8 Å². The maximum absolute atomic E-state index is 11.3. The van der Waals surface area contributed by atoms with Crippen molar-refractivity contribution in [3.8, 4) is 11.5 Å². The molecule has 6 N–H and O–H groups in total. The van der Waals surface area contributed by atoms with Crippen LogP contribution in [0.5, 0.6) is 11.5 Å². The summed E-state index contributed by atoms with van der Waals surface area (Å²) in [5.74, 6) is 0.425. The van der Waals surface area contributed by atoms with Gasteiger partial charge in [0.05, 0.1) is 6.42 Å². The molecule has 2 aromatic carbocycles. The molecule has 0 amide bonds. The van der Waals surface area contributed by atoms with Crippen molar-refractivity contribution in [2.45, 2.75) is 12.8 Å². The largest absolute Gasteiger partial charge is 0.508 e. The van der Waals surface area contributed by atoms with Gasteiger partial charge < -0.3 is 21.7 Å². The monoisotopic (exact) mass is 454 g/mol. The number of allylic oxidation sites excluding steroid dienone is 9. The molecule has 0 aromatic heterocycles. The number of rotatable bonds is 4. The van der Waals surface area contributed by atoms with E-state index in [0.29, 0.717) is 24.2 Å². The van der Waals surface area contributed by atoms with Gasteiger partial charge in [0.1, 0.15) is 11.5 Å². The van der Waals surface area contributed by atoms with E-state index in [-0.39, 0.29) is 23.1 Å². The molecule has 0 aliphatic heterocycles. The molecule has 6 nitrogen and oxygen atoms in total. The lowest BCUT2D eigenvalue weighted by atomic mass is 10.0. The van der Waals surface area contributed by atoms with Gasteiger partial charge in [-0.25, -0.2) is 0 Å². The molecule has 0 fully saturated rings. The Morgan fingerprint density at radius 2 is 1.15 bits per heavy atom. The van der Waals surface area contributed by atoms with E-state index in [9.17, 15) is 9.59 Å². The highest BCUT2D eigenvalue weighted by atomic mass is 16.3. The van der Waals surface area contributed by atoms with Crippen LogP contribution in [0.2, 0.25) is 0 Å². The molecular formula is C28H26N2O4. The zero-order valence-electron chi connectivity index (χ0n) is 18.5. The number of phenols is 2. The van der Waals surface area contributed by atoms with Crippen LogP contribution < -0.4 is 11.5 Å². The summed E-state index contributed by atoms with van der Waals surface area (Å²) in [5, 5.41) is 18.3. The normalized spacial score (nSPS) is 15.9. The minimum absolute atomic E-state index is 0.0235. The Kier molecular flexibility index (Phi) is 8.02. The van der Waals surface area contributed by atoms with E-state index in [0.717, 1.165) is 22.3 Å². The second-order valence-electron chi connectivity index (χ2n) is 7.87.